The minimum atomic E-state index is 0.314. The Hall–Kier alpha value is -0.520. The maximum atomic E-state index is 5.64. The fraction of sp³-hybridized carbons (Fsp3) is 0.800. The van der Waals surface area contributed by atoms with Crippen molar-refractivity contribution in [1.29, 1.82) is 0 Å². The van der Waals surface area contributed by atoms with Crippen LogP contribution in [0.2, 0.25) is 0 Å². The Morgan fingerprint density at radius 1 is 1.58 bits per heavy atom. The van der Waals surface area contributed by atoms with E-state index in [1.54, 1.807) is 0 Å². The molecule has 1 unspecified atom stereocenters. The molecular formula is C10H20N2. The Balaban J connectivity index is 3.39. The lowest BCUT2D eigenvalue weighted by molar-refractivity contribution is 0.312. The lowest BCUT2D eigenvalue weighted by Gasteiger charge is -2.17. The van der Waals surface area contributed by atoms with Crippen LogP contribution in [0.15, 0.2) is 0 Å². The van der Waals surface area contributed by atoms with Crippen molar-refractivity contribution in [1.82, 2.24) is 4.90 Å². The summed E-state index contributed by atoms with van der Waals surface area (Å²) in [6.45, 7) is 7.03. The van der Waals surface area contributed by atoms with Gasteiger partial charge in [-0.1, -0.05) is 12.8 Å². The van der Waals surface area contributed by atoms with Crippen molar-refractivity contribution in [2.24, 2.45) is 5.73 Å². The van der Waals surface area contributed by atoms with Crippen molar-refractivity contribution in [3.8, 4) is 12.3 Å². The number of rotatable bonds is 6. The number of terminal acetylenes is 1. The number of nitrogens with two attached hydrogens (primary N) is 1. The highest BCUT2D eigenvalue weighted by atomic mass is 15.1. The van der Waals surface area contributed by atoms with Gasteiger partial charge in [-0.15, -0.1) is 6.42 Å². The topological polar surface area (TPSA) is 29.3 Å². The number of hydrogen-bond acceptors (Lipinski definition) is 2. The van der Waals surface area contributed by atoms with Gasteiger partial charge >= 0.3 is 0 Å². The van der Waals surface area contributed by atoms with Gasteiger partial charge in [0.05, 0.1) is 6.54 Å². The highest BCUT2D eigenvalue weighted by Crippen LogP contribution is 1.96. The van der Waals surface area contributed by atoms with Crippen LogP contribution in [-0.4, -0.2) is 30.6 Å². The average molecular weight is 168 g/mol. The van der Waals surface area contributed by atoms with Crippen molar-refractivity contribution in [2.45, 2.75) is 32.7 Å². The van der Waals surface area contributed by atoms with Crippen LogP contribution in [0.5, 0.6) is 0 Å². The van der Waals surface area contributed by atoms with Crippen LogP contribution >= 0.6 is 0 Å². The minimum Gasteiger partial charge on any atom is -0.328 e. The highest BCUT2D eigenvalue weighted by Gasteiger charge is 2.00. The fourth-order valence-electron chi connectivity index (χ4n) is 1.11. The van der Waals surface area contributed by atoms with Gasteiger partial charge in [-0.25, -0.2) is 0 Å². The van der Waals surface area contributed by atoms with E-state index in [0.29, 0.717) is 6.04 Å². The average Bonchev–Trinajstić information content (AvgIpc) is 2.02. The summed E-state index contributed by atoms with van der Waals surface area (Å²) in [4.78, 5) is 2.25. The van der Waals surface area contributed by atoms with Crippen molar-refractivity contribution >= 4 is 0 Å². The van der Waals surface area contributed by atoms with E-state index in [9.17, 15) is 0 Å². The van der Waals surface area contributed by atoms with Crippen LogP contribution in [0, 0.1) is 12.3 Å². The largest absolute Gasteiger partial charge is 0.328 e. The van der Waals surface area contributed by atoms with Crippen molar-refractivity contribution in [3.63, 3.8) is 0 Å². The predicted molar refractivity (Wildman–Crippen MR) is 53.8 cm³/mol. The summed E-state index contributed by atoms with van der Waals surface area (Å²) in [5.74, 6) is 2.65. The van der Waals surface area contributed by atoms with E-state index >= 15 is 0 Å². The Kier molecular flexibility index (Phi) is 6.84. The molecule has 0 aromatic carbocycles. The smallest absolute Gasteiger partial charge is 0.0598 e. The first kappa shape index (κ1) is 11.5. The summed E-state index contributed by atoms with van der Waals surface area (Å²) < 4.78 is 0. The van der Waals surface area contributed by atoms with E-state index in [-0.39, 0.29) is 0 Å². The zero-order valence-electron chi connectivity index (χ0n) is 8.21. The van der Waals surface area contributed by atoms with E-state index in [4.69, 9.17) is 12.2 Å². The molecule has 2 N–H and O–H groups in total. The van der Waals surface area contributed by atoms with Crippen molar-refractivity contribution < 1.29 is 0 Å². The highest BCUT2D eigenvalue weighted by molar-refractivity contribution is 4.87. The molecule has 1 atom stereocenters. The van der Waals surface area contributed by atoms with Crippen LogP contribution in [-0.2, 0) is 0 Å². The lowest BCUT2D eigenvalue weighted by atomic mass is 10.2. The summed E-state index contributed by atoms with van der Waals surface area (Å²) in [5.41, 5.74) is 5.64. The molecule has 0 radical (unpaired) electrons. The third kappa shape index (κ3) is 6.21. The Morgan fingerprint density at radius 3 is 2.67 bits per heavy atom. The Morgan fingerprint density at radius 2 is 2.25 bits per heavy atom. The molecule has 0 aromatic rings. The number of hydrogen-bond donors (Lipinski definition) is 1. The Bertz CT molecular complexity index is 135. The van der Waals surface area contributed by atoms with Gasteiger partial charge in [-0.05, 0) is 32.9 Å². The van der Waals surface area contributed by atoms with Gasteiger partial charge < -0.3 is 5.73 Å². The second-order valence-electron chi connectivity index (χ2n) is 3.19. The second kappa shape index (κ2) is 7.15. The summed E-state index contributed by atoms with van der Waals surface area (Å²) in [6, 6.07) is 0.314. The molecule has 0 saturated heterocycles. The van der Waals surface area contributed by atoms with Gasteiger partial charge in [0, 0.05) is 6.04 Å². The molecule has 0 spiro atoms. The molecule has 0 saturated carbocycles. The quantitative estimate of drug-likeness (QED) is 0.601. The van der Waals surface area contributed by atoms with Crippen LogP contribution in [0.3, 0.4) is 0 Å². The molecule has 70 valence electrons. The third-order valence-electron chi connectivity index (χ3n) is 1.90. The van der Waals surface area contributed by atoms with Crippen molar-refractivity contribution in [2.75, 3.05) is 19.6 Å². The molecule has 0 amide bonds. The maximum Gasteiger partial charge on any atom is 0.0598 e. The molecular weight excluding hydrogens is 148 g/mol. The van der Waals surface area contributed by atoms with Crippen LogP contribution in [0.4, 0.5) is 0 Å². The fourth-order valence-corrected chi connectivity index (χ4v) is 1.11. The molecule has 2 nitrogen and oxygen atoms in total. The molecule has 0 aromatic heterocycles. The van der Waals surface area contributed by atoms with E-state index in [2.05, 4.69) is 17.7 Å². The summed E-state index contributed by atoms with van der Waals surface area (Å²) in [5, 5.41) is 0. The molecule has 0 aliphatic rings. The summed E-state index contributed by atoms with van der Waals surface area (Å²) in [6.07, 6.45) is 7.45. The molecule has 2 heteroatoms. The van der Waals surface area contributed by atoms with Gasteiger partial charge in [-0.2, -0.15) is 0 Å². The van der Waals surface area contributed by atoms with Gasteiger partial charge in [0.1, 0.15) is 0 Å². The maximum absolute atomic E-state index is 5.64. The second-order valence-corrected chi connectivity index (χ2v) is 3.19. The minimum absolute atomic E-state index is 0.314. The van der Waals surface area contributed by atoms with Crippen LogP contribution in [0.1, 0.15) is 26.7 Å². The monoisotopic (exact) mass is 168 g/mol. The molecule has 0 bridgehead atoms. The van der Waals surface area contributed by atoms with E-state index in [1.807, 2.05) is 6.92 Å². The van der Waals surface area contributed by atoms with E-state index < -0.39 is 0 Å². The normalized spacial score (nSPS) is 12.9. The summed E-state index contributed by atoms with van der Waals surface area (Å²) >= 11 is 0. The standard InChI is InChI=1S/C10H20N2/c1-4-8-12(5-2)9-6-7-10(3)11/h1,10H,5-9,11H2,2-3H3. The third-order valence-corrected chi connectivity index (χ3v) is 1.90. The lowest BCUT2D eigenvalue weighted by Crippen LogP contribution is -2.26. The number of nitrogens with zero attached hydrogens (tertiary/aromatic N) is 1. The zero-order chi connectivity index (χ0) is 9.40. The molecule has 0 aliphatic carbocycles. The van der Waals surface area contributed by atoms with Crippen molar-refractivity contribution in [3.05, 3.63) is 0 Å². The van der Waals surface area contributed by atoms with Crippen LogP contribution in [0.25, 0.3) is 0 Å². The van der Waals surface area contributed by atoms with Crippen LogP contribution < -0.4 is 5.73 Å². The molecule has 0 heterocycles. The van der Waals surface area contributed by atoms with E-state index in [0.717, 1.165) is 32.5 Å². The Labute approximate surface area is 76.1 Å². The molecule has 0 fully saturated rings. The molecule has 12 heavy (non-hydrogen) atoms. The van der Waals surface area contributed by atoms with E-state index in [1.165, 1.54) is 0 Å². The first-order valence-corrected chi connectivity index (χ1v) is 4.62. The van der Waals surface area contributed by atoms with Gasteiger partial charge in [0.25, 0.3) is 0 Å². The first-order valence-electron chi connectivity index (χ1n) is 4.62. The molecule has 0 rings (SSSR count). The summed E-state index contributed by atoms with van der Waals surface area (Å²) in [7, 11) is 0. The first-order chi connectivity index (χ1) is 5.70. The molecule has 0 aliphatic heterocycles. The van der Waals surface area contributed by atoms with Gasteiger partial charge in [0.2, 0.25) is 0 Å². The zero-order valence-corrected chi connectivity index (χ0v) is 8.21. The SMILES string of the molecule is C#CCN(CC)CCCC(C)N. The van der Waals surface area contributed by atoms with Gasteiger partial charge in [0.15, 0.2) is 0 Å². The predicted octanol–water partition coefficient (Wildman–Crippen LogP) is 1.07. The van der Waals surface area contributed by atoms with Gasteiger partial charge in [-0.3, -0.25) is 4.90 Å².